The zero-order valence-electron chi connectivity index (χ0n) is 19.7. The average molecular weight is 474 g/mol. The van der Waals surface area contributed by atoms with Gasteiger partial charge in [-0.3, -0.25) is 4.57 Å². The molecule has 2 aromatic rings. The minimum Gasteiger partial charge on any atom is -0.371 e. The minimum atomic E-state index is -3.48. The molecule has 2 aromatic carbocycles. The van der Waals surface area contributed by atoms with Crippen molar-refractivity contribution in [2.75, 3.05) is 11.9 Å². The summed E-state index contributed by atoms with van der Waals surface area (Å²) in [6.45, 7) is 9.83. The Labute approximate surface area is 195 Å². The first-order chi connectivity index (χ1) is 15.6. The predicted molar refractivity (Wildman–Crippen MR) is 126 cm³/mol. The van der Waals surface area contributed by atoms with Crippen LogP contribution in [0.4, 0.5) is 5.69 Å². The molecule has 0 radical (unpaired) electrons. The largest absolute Gasteiger partial charge is 0.371 e. The number of ether oxygens (including phenoxy) is 4. The van der Waals surface area contributed by atoms with Crippen LogP contribution in [0.1, 0.15) is 33.3 Å². The number of hydrogen-bond donors (Lipinski definition) is 1. The van der Waals surface area contributed by atoms with Crippen molar-refractivity contribution in [2.24, 2.45) is 0 Å². The van der Waals surface area contributed by atoms with E-state index >= 15 is 0 Å². The summed E-state index contributed by atoms with van der Waals surface area (Å²) in [5.41, 5.74) is 1.99. The molecule has 0 aromatic heterocycles. The van der Waals surface area contributed by atoms with Crippen LogP contribution in [0, 0.1) is 6.92 Å². The van der Waals surface area contributed by atoms with Gasteiger partial charge in [-0.15, -0.1) is 0 Å². The second-order valence-corrected chi connectivity index (χ2v) is 12.4. The van der Waals surface area contributed by atoms with Crippen LogP contribution < -0.4 is 10.6 Å². The van der Waals surface area contributed by atoms with Gasteiger partial charge in [0.05, 0.1) is 6.61 Å². The van der Waals surface area contributed by atoms with Gasteiger partial charge in [0.25, 0.3) is 7.37 Å². The Hall–Kier alpha value is -1.73. The highest BCUT2D eigenvalue weighted by Crippen LogP contribution is 2.61. The molecule has 6 unspecified atom stereocenters. The zero-order valence-corrected chi connectivity index (χ0v) is 20.6. The summed E-state index contributed by atoms with van der Waals surface area (Å²) >= 11 is 0. The van der Waals surface area contributed by atoms with Gasteiger partial charge in [0.15, 0.2) is 11.6 Å². The van der Waals surface area contributed by atoms with Gasteiger partial charge in [-0.05, 0) is 58.9 Å². The lowest BCUT2D eigenvalue weighted by Gasteiger charge is -2.44. The molecule has 3 saturated heterocycles. The van der Waals surface area contributed by atoms with Crippen molar-refractivity contribution < 1.29 is 28.0 Å². The number of rotatable bonds is 4. The lowest BCUT2D eigenvalue weighted by Crippen LogP contribution is -2.57. The van der Waals surface area contributed by atoms with E-state index in [9.17, 15) is 4.57 Å². The summed E-state index contributed by atoms with van der Waals surface area (Å²) in [6, 6.07) is 17.3. The molecule has 5 rings (SSSR count). The standard InChI is InChI=1S/C25H32NO6P/c1-16-11-13-17(14-12-16)26-23-22-21(30-25(4,5)31-22)20(19-15-28-24(2,3)29-19)32-33(23,27)18-9-7-6-8-10-18/h6-14,19-23,26H,15H2,1-5H3. The van der Waals surface area contributed by atoms with Crippen LogP contribution in [0.2, 0.25) is 0 Å². The fourth-order valence-electron chi connectivity index (χ4n) is 4.82. The average Bonchev–Trinajstić information content (AvgIpc) is 3.30. The fraction of sp³-hybridized carbons (Fsp3) is 0.520. The van der Waals surface area contributed by atoms with Crippen molar-refractivity contribution in [3.8, 4) is 0 Å². The Kier molecular flexibility index (Phi) is 5.72. The lowest BCUT2D eigenvalue weighted by atomic mass is 10.0. The van der Waals surface area contributed by atoms with Gasteiger partial charge in [0.2, 0.25) is 0 Å². The molecule has 1 N–H and O–H groups in total. The van der Waals surface area contributed by atoms with Gasteiger partial charge in [-0.1, -0.05) is 35.9 Å². The topological polar surface area (TPSA) is 75.2 Å². The van der Waals surface area contributed by atoms with Crippen molar-refractivity contribution in [1.29, 1.82) is 0 Å². The molecule has 33 heavy (non-hydrogen) atoms. The molecule has 178 valence electrons. The molecule has 0 amide bonds. The number of aryl methyl sites for hydroxylation is 1. The van der Waals surface area contributed by atoms with Crippen molar-refractivity contribution in [1.82, 2.24) is 0 Å². The van der Waals surface area contributed by atoms with Gasteiger partial charge in [0, 0.05) is 11.0 Å². The normalized spacial score (nSPS) is 36.9. The number of anilines is 1. The quantitative estimate of drug-likeness (QED) is 0.660. The minimum absolute atomic E-state index is 0.329. The van der Waals surface area contributed by atoms with E-state index in [2.05, 4.69) is 5.32 Å². The Morgan fingerprint density at radius 3 is 2.15 bits per heavy atom. The smallest absolute Gasteiger partial charge is 0.256 e. The molecule has 0 spiro atoms. The Bertz CT molecular complexity index is 1040. The maximum Gasteiger partial charge on any atom is 0.256 e. The molecule has 8 heteroatoms. The molecule has 7 nitrogen and oxygen atoms in total. The third kappa shape index (κ3) is 4.39. The van der Waals surface area contributed by atoms with E-state index in [-0.39, 0.29) is 0 Å². The molecular weight excluding hydrogens is 441 g/mol. The van der Waals surface area contributed by atoms with E-state index in [0.29, 0.717) is 11.9 Å². The van der Waals surface area contributed by atoms with Crippen LogP contribution in [0.25, 0.3) is 0 Å². The molecule has 0 saturated carbocycles. The van der Waals surface area contributed by atoms with E-state index in [1.165, 1.54) is 0 Å². The second kappa shape index (κ2) is 8.19. The molecule has 6 atom stereocenters. The first-order valence-corrected chi connectivity index (χ1v) is 13.1. The summed E-state index contributed by atoms with van der Waals surface area (Å²) < 4.78 is 46.0. The highest BCUT2D eigenvalue weighted by molar-refractivity contribution is 7.68. The number of benzene rings is 2. The third-order valence-electron chi connectivity index (χ3n) is 6.32. The van der Waals surface area contributed by atoms with E-state index in [1.54, 1.807) is 0 Å². The molecule has 3 aliphatic rings. The number of hydrogen-bond acceptors (Lipinski definition) is 7. The predicted octanol–water partition coefficient (Wildman–Crippen LogP) is 4.41. The molecule has 0 bridgehead atoms. The van der Waals surface area contributed by atoms with Crippen molar-refractivity contribution >= 4 is 18.4 Å². The van der Waals surface area contributed by atoms with E-state index in [1.807, 2.05) is 89.2 Å². The van der Waals surface area contributed by atoms with Crippen LogP contribution in [0.15, 0.2) is 54.6 Å². The van der Waals surface area contributed by atoms with Gasteiger partial charge in [0.1, 0.15) is 30.2 Å². The Balaban J connectivity index is 1.57. The maximum atomic E-state index is 14.8. The molecule has 3 heterocycles. The highest BCUT2D eigenvalue weighted by Gasteiger charge is 2.62. The first kappa shape index (κ1) is 23.0. The summed E-state index contributed by atoms with van der Waals surface area (Å²) in [5.74, 6) is -2.24. The van der Waals surface area contributed by atoms with Gasteiger partial charge in [-0.2, -0.15) is 0 Å². The van der Waals surface area contributed by atoms with Crippen molar-refractivity contribution in [3.05, 3.63) is 60.2 Å². The fourth-order valence-corrected chi connectivity index (χ4v) is 7.53. The second-order valence-electron chi connectivity index (χ2n) is 9.89. The molecule has 3 aliphatic heterocycles. The summed E-state index contributed by atoms with van der Waals surface area (Å²) in [6.07, 6.45) is -2.03. The van der Waals surface area contributed by atoms with E-state index in [0.717, 1.165) is 11.3 Å². The van der Waals surface area contributed by atoms with Gasteiger partial charge < -0.3 is 28.8 Å². The molecular formula is C25H32NO6P. The monoisotopic (exact) mass is 473 g/mol. The first-order valence-electron chi connectivity index (χ1n) is 11.4. The van der Waals surface area contributed by atoms with E-state index < -0.39 is 49.1 Å². The summed E-state index contributed by atoms with van der Waals surface area (Å²) in [5, 5.41) is 4.10. The third-order valence-corrected chi connectivity index (χ3v) is 9.05. The zero-order chi connectivity index (χ0) is 23.4. The Morgan fingerprint density at radius 1 is 0.848 bits per heavy atom. The summed E-state index contributed by atoms with van der Waals surface area (Å²) in [7, 11) is -3.48. The van der Waals surface area contributed by atoms with Gasteiger partial charge in [-0.25, -0.2) is 0 Å². The van der Waals surface area contributed by atoms with E-state index in [4.69, 9.17) is 23.5 Å². The van der Waals surface area contributed by atoms with Crippen LogP contribution >= 0.6 is 7.37 Å². The van der Waals surface area contributed by atoms with Gasteiger partial charge >= 0.3 is 0 Å². The number of nitrogens with one attached hydrogen (secondary N) is 1. The van der Waals surface area contributed by atoms with Crippen LogP contribution in [-0.2, 0) is 28.0 Å². The van der Waals surface area contributed by atoms with Crippen LogP contribution in [0.3, 0.4) is 0 Å². The molecule has 0 aliphatic carbocycles. The maximum absolute atomic E-state index is 14.8. The Morgan fingerprint density at radius 2 is 1.52 bits per heavy atom. The highest BCUT2D eigenvalue weighted by atomic mass is 31.2. The van der Waals surface area contributed by atoms with Crippen molar-refractivity contribution in [2.45, 2.75) is 76.4 Å². The van der Waals surface area contributed by atoms with Crippen LogP contribution in [0.5, 0.6) is 0 Å². The summed E-state index contributed by atoms with van der Waals surface area (Å²) in [4.78, 5) is 0. The lowest BCUT2D eigenvalue weighted by molar-refractivity contribution is -0.174. The van der Waals surface area contributed by atoms with Crippen LogP contribution in [-0.4, -0.2) is 48.4 Å². The van der Waals surface area contributed by atoms with Crippen molar-refractivity contribution in [3.63, 3.8) is 0 Å². The SMILES string of the molecule is Cc1ccc(NC2C3OC(C)(C)OC3C(C3COC(C)(C)O3)OP2(=O)c2ccccc2)cc1. The molecule has 3 fully saturated rings. The number of fused-ring (bicyclic) bond motifs is 1.